The highest BCUT2D eigenvalue weighted by Gasteiger charge is 2.39. The molecule has 1 aliphatic carbocycles. The Morgan fingerprint density at radius 1 is 1.06 bits per heavy atom. The van der Waals surface area contributed by atoms with E-state index in [0.717, 1.165) is 44.3 Å². The van der Waals surface area contributed by atoms with E-state index in [9.17, 15) is 0 Å². The minimum atomic E-state index is 0.819. The van der Waals surface area contributed by atoms with Gasteiger partial charge in [-0.25, -0.2) is 0 Å². The van der Waals surface area contributed by atoms with Gasteiger partial charge in [0.2, 0.25) is 0 Å². The van der Waals surface area contributed by atoms with E-state index in [2.05, 4.69) is 16.7 Å². The largest absolute Gasteiger partial charge is 0.379 e. The van der Waals surface area contributed by atoms with Crippen LogP contribution in [0.25, 0.3) is 0 Å². The summed E-state index contributed by atoms with van der Waals surface area (Å²) < 4.78 is 5.42. The van der Waals surface area contributed by atoms with Gasteiger partial charge in [0.15, 0.2) is 0 Å². The summed E-state index contributed by atoms with van der Waals surface area (Å²) >= 11 is 0. The van der Waals surface area contributed by atoms with Crippen molar-refractivity contribution >= 4 is 0 Å². The van der Waals surface area contributed by atoms with Crippen LogP contribution in [0.3, 0.4) is 0 Å². The van der Waals surface area contributed by atoms with Crippen LogP contribution in [0.15, 0.2) is 0 Å². The molecule has 2 saturated heterocycles. The summed E-state index contributed by atoms with van der Waals surface area (Å²) in [5.74, 6) is 1.01. The molecule has 0 spiro atoms. The normalized spacial score (nSPS) is 38.8. The van der Waals surface area contributed by atoms with Gasteiger partial charge in [-0.15, -0.1) is 0 Å². The highest BCUT2D eigenvalue weighted by molar-refractivity contribution is 4.94. The van der Waals surface area contributed by atoms with E-state index in [-0.39, 0.29) is 0 Å². The smallest absolute Gasteiger partial charge is 0.0594 e. The Morgan fingerprint density at radius 2 is 1.83 bits per heavy atom. The summed E-state index contributed by atoms with van der Waals surface area (Å²) in [5.41, 5.74) is 0. The van der Waals surface area contributed by atoms with Crippen LogP contribution < -0.4 is 0 Å². The molecule has 3 nitrogen and oxygen atoms in total. The van der Waals surface area contributed by atoms with Gasteiger partial charge >= 0.3 is 0 Å². The number of fused-ring (bicyclic) bond motifs is 1. The van der Waals surface area contributed by atoms with Gasteiger partial charge in [-0.3, -0.25) is 9.80 Å². The van der Waals surface area contributed by atoms with Gasteiger partial charge in [0.05, 0.1) is 13.2 Å². The fourth-order valence-corrected chi connectivity index (χ4v) is 4.27. The number of morpholine rings is 1. The number of hydrogen-bond acceptors (Lipinski definition) is 3. The lowest BCUT2D eigenvalue weighted by molar-refractivity contribution is 0.0291. The van der Waals surface area contributed by atoms with Gasteiger partial charge in [0, 0.05) is 38.3 Å². The molecule has 3 rings (SSSR count). The lowest BCUT2D eigenvalue weighted by Gasteiger charge is -2.35. The Bertz CT molecular complexity index is 265. The number of rotatable bonds is 3. The number of hydrogen-bond donors (Lipinski definition) is 0. The van der Waals surface area contributed by atoms with Crippen LogP contribution in [0.5, 0.6) is 0 Å². The van der Waals surface area contributed by atoms with Crippen LogP contribution in [-0.4, -0.2) is 61.3 Å². The van der Waals surface area contributed by atoms with Crippen molar-refractivity contribution in [3.05, 3.63) is 0 Å². The molecular weight excluding hydrogens is 224 g/mol. The highest BCUT2D eigenvalue weighted by atomic mass is 16.5. The summed E-state index contributed by atoms with van der Waals surface area (Å²) in [4.78, 5) is 5.39. The standard InChI is InChI=1S/C15H28N2O/c1-13-12-14-4-2-3-5-15(14)17(13)7-6-16-8-10-18-11-9-16/h13-15H,2-12H2,1H3. The lowest BCUT2D eigenvalue weighted by Crippen LogP contribution is -2.45. The summed E-state index contributed by atoms with van der Waals surface area (Å²) in [6.07, 6.45) is 7.34. The predicted octanol–water partition coefficient (Wildman–Crippen LogP) is 1.97. The Labute approximate surface area is 111 Å². The quantitative estimate of drug-likeness (QED) is 0.764. The minimum absolute atomic E-state index is 0.819. The van der Waals surface area contributed by atoms with E-state index < -0.39 is 0 Å². The SMILES string of the molecule is CC1CC2CCCCC2N1CCN1CCOCC1. The van der Waals surface area contributed by atoms with Crippen molar-refractivity contribution in [2.24, 2.45) is 5.92 Å². The molecule has 3 unspecified atom stereocenters. The van der Waals surface area contributed by atoms with Gasteiger partial charge < -0.3 is 4.74 Å². The molecule has 0 aromatic rings. The molecule has 1 saturated carbocycles. The molecule has 2 aliphatic heterocycles. The molecule has 2 heterocycles. The second-order valence-electron chi connectivity index (χ2n) is 6.39. The van der Waals surface area contributed by atoms with Crippen LogP contribution >= 0.6 is 0 Å². The number of likely N-dealkylation sites (tertiary alicyclic amines) is 1. The average Bonchev–Trinajstić information content (AvgIpc) is 2.73. The Kier molecular flexibility index (Phi) is 4.22. The van der Waals surface area contributed by atoms with E-state index >= 15 is 0 Å². The summed E-state index contributed by atoms with van der Waals surface area (Å²) in [6.45, 7) is 9.10. The first-order chi connectivity index (χ1) is 8.84. The van der Waals surface area contributed by atoms with Crippen molar-refractivity contribution in [2.45, 2.75) is 51.1 Å². The van der Waals surface area contributed by atoms with E-state index in [0.29, 0.717) is 0 Å². The van der Waals surface area contributed by atoms with Crippen LogP contribution in [0.1, 0.15) is 39.0 Å². The maximum Gasteiger partial charge on any atom is 0.0594 e. The molecule has 0 radical (unpaired) electrons. The van der Waals surface area contributed by atoms with E-state index in [1.165, 1.54) is 45.2 Å². The van der Waals surface area contributed by atoms with Gasteiger partial charge in [0.1, 0.15) is 0 Å². The zero-order valence-electron chi connectivity index (χ0n) is 11.8. The first-order valence-electron chi connectivity index (χ1n) is 7.90. The maximum atomic E-state index is 5.42. The molecule has 0 amide bonds. The van der Waals surface area contributed by atoms with Gasteiger partial charge in [-0.2, -0.15) is 0 Å². The summed E-state index contributed by atoms with van der Waals surface area (Å²) in [7, 11) is 0. The Morgan fingerprint density at radius 3 is 2.67 bits per heavy atom. The number of ether oxygens (including phenoxy) is 1. The molecule has 3 fully saturated rings. The van der Waals surface area contributed by atoms with Crippen LogP contribution in [0, 0.1) is 5.92 Å². The highest BCUT2D eigenvalue weighted by Crippen LogP contribution is 2.39. The average molecular weight is 252 g/mol. The fraction of sp³-hybridized carbons (Fsp3) is 1.00. The van der Waals surface area contributed by atoms with Crippen molar-refractivity contribution in [2.75, 3.05) is 39.4 Å². The first-order valence-corrected chi connectivity index (χ1v) is 7.90. The summed E-state index contributed by atoms with van der Waals surface area (Å²) in [5, 5.41) is 0. The second kappa shape index (κ2) is 5.89. The van der Waals surface area contributed by atoms with Gasteiger partial charge in [-0.05, 0) is 32.1 Å². The van der Waals surface area contributed by atoms with Crippen molar-refractivity contribution in [3.8, 4) is 0 Å². The second-order valence-corrected chi connectivity index (χ2v) is 6.39. The predicted molar refractivity (Wildman–Crippen MR) is 73.8 cm³/mol. The third kappa shape index (κ3) is 2.73. The van der Waals surface area contributed by atoms with Crippen molar-refractivity contribution in [1.29, 1.82) is 0 Å². The minimum Gasteiger partial charge on any atom is -0.379 e. The third-order valence-electron chi connectivity index (χ3n) is 5.28. The van der Waals surface area contributed by atoms with Crippen LogP contribution in [-0.2, 0) is 4.74 Å². The van der Waals surface area contributed by atoms with E-state index in [1.54, 1.807) is 0 Å². The molecule has 18 heavy (non-hydrogen) atoms. The zero-order chi connectivity index (χ0) is 12.4. The first kappa shape index (κ1) is 12.9. The van der Waals surface area contributed by atoms with Crippen molar-refractivity contribution in [3.63, 3.8) is 0 Å². The Hall–Kier alpha value is -0.120. The van der Waals surface area contributed by atoms with Crippen LogP contribution in [0.4, 0.5) is 0 Å². The van der Waals surface area contributed by atoms with Crippen LogP contribution in [0.2, 0.25) is 0 Å². The molecular formula is C15H28N2O. The van der Waals surface area contributed by atoms with E-state index in [1.807, 2.05) is 0 Å². The fourth-order valence-electron chi connectivity index (χ4n) is 4.27. The third-order valence-corrected chi connectivity index (χ3v) is 5.28. The molecule has 3 aliphatic rings. The maximum absolute atomic E-state index is 5.42. The molecule has 0 N–H and O–H groups in total. The van der Waals surface area contributed by atoms with Crippen molar-refractivity contribution < 1.29 is 4.74 Å². The monoisotopic (exact) mass is 252 g/mol. The Balaban J connectivity index is 1.51. The van der Waals surface area contributed by atoms with E-state index in [4.69, 9.17) is 4.74 Å². The molecule has 0 aromatic heterocycles. The van der Waals surface area contributed by atoms with Gasteiger partial charge in [0.25, 0.3) is 0 Å². The molecule has 0 aromatic carbocycles. The van der Waals surface area contributed by atoms with Crippen molar-refractivity contribution in [1.82, 2.24) is 9.80 Å². The zero-order valence-corrected chi connectivity index (χ0v) is 11.8. The lowest BCUT2D eigenvalue weighted by atomic mass is 9.85. The molecule has 0 bridgehead atoms. The number of nitrogens with zero attached hydrogens (tertiary/aromatic N) is 2. The summed E-state index contributed by atoms with van der Waals surface area (Å²) in [6, 6.07) is 1.73. The van der Waals surface area contributed by atoms with Gasteiger partial charge in [-0.1, -0.05) is 12.8 Å². The molecule has 104 valence electrons. The molecule has 3 heteroatoms. The topological polar surface area (TPSA) is 15.7 Å². The molecule has 3 atom stereocenters.